The van der Waals surface area contributed by atoms with Crippen LogP contribution in [0.2, 0.25) is 0 Å². The highest BCUT2D eigenvalue weighted by Gasteiger charge is 2.58. The van der Waals surface area contributed by atoms with Crippen molar-refractivity contribution in [3.63, 3.8) is 0 Å². The lowest BCUT2D eigenvalue weighted by molar-refractivity contribution is -0.126. The number of hydrogen-bond donors (Lipinski definition) is 0. The van der Waals surface area contributed by atoms with Crippen LogP contribution in [0.1, 0.15) is 64.2 Å². The summed E-state index contributed by atoms with van der Waals surface area (Å²) in [6.07, 6.45) is 10.4. The van der Waals surface area contributed by atoms with Gasteiger partial charge >= 0.3 is 0 Å². The van der Waals surface area contributed by atoms with Crippen molar-refractivity contribution in [1.29, 1.82) is 0 Å². The number of carbonyl (C=O) groups excluding carboxylic acids is 2. The Labute approximate surface area is 108 Å². The summed E-state index contributed by atoms with van der Waals surface area (Å²) in [5.74, 6) is 0.735. The van der Waals surface area contributed by atoms with Gasteiger partial charge in [-0.05, 0) is 38.5 Å². The van der Waals surface area contributed by atoms with Crippen molar-refractivity contribution in [2.45, 2.75) is 64.2 Å². The van der Waals surface area contributed by atoms with Crippen molar-refractivity contribution in [3.8, 4) is 0 Å². The van der Waals surface area contributed by atoms with Gasteiger partial charge in [0, 0.05) is 22.0 Å². The molecule has 2 fully saturated rings. The third-order valence-electron chi connectivity index (χ3n) is 6.03. The maximum atomic E-state index is 12.7. The van der Waals surface area contributed by atoms with Crippen molar-refractivity contribution in [1.82, 2.24) is 0 Å². The minimum absolute atomic E-state index is 0.124. The van der Waals surface area contributed by atoms with E-state index >= 15 is 0 Å². The molecule has 4 rings (SSSR count). The normalized spacial score (nSPS) is 32.2. The fraction of sp³-hybridized carbons (Fsp3) is 0.750. The second kappa shape index (κ2) is 3.34. The molecular weight excluding hydrogens is 224 g/mol. The van der Waals surface area contributed by atoms with Gasteiger partial charge in [0.1, 0.15) is 0 Å². The zero-order valence-corrected chi connectivity index (χ0v) is 10.9. The molecule has 18 heavy (non-hydrogen) atoms. The highest BCUT2D eigenvalue weighted by atomic mass is 16.1. The van der Waals surface area contributed by atoms with E-state index in [2.05, 4.69) is 0 Å². The fourth-order valence-electron chi connectivity index (χ4n) is 5.04. The Morgan fingerprint density at radius 1 is 0.611 bits per heavy atom. The molecule has 2 saturated carbocycles. The lowest BCUT2D eigenvalue weighted by Crippen LogP contribution is -2.31. The van der Waals surface area contributed by atoms with E-state index in [4.69, 9.17) is 0 Å². The summed E-state index contributed by atoms with van der Waals surface area (Å²) in [6, 6.07) is 0. The summed E-state index contributed by atoms with van der Waals surface area (Å²) < 4.78 is 0. The summed E-state index contributed by atoms with van der Waals surface area (Å²) in [4.78, 5) is 25.4. The third-order valence-corrected chi connectivity index (χ3v) is 6.03. The zero-order chi connectivity index (χ0) is 12.4. The maximum absolute atomic E-state index is 12.7. The highest BCUT2D eigenvalue weighted by molar-refractivity contribution is 6.17. The molecule has 2 spiro atoms. The minimum atomic E-state index is -0.124. The molecule has 0 unspecified atom stereocenters. The van der Waals surface area contributed by atoms with Crippen LogP contribution in [-0.2, 0) is 9.59 Å². The molecule has 0 aliphatic heterocycles. The van der Waals surface area contributed by atoms with Crippen LogP contribution in [0, 0.1) is 10.8 Å². The van der Waals surface area contributed by atoms with Crippen molar-refractivity contribution >= 4 is 11.6 Å². The third kappa shape index (κ3) is 1.15. The maximum Gasteiger partial charge on any atom is 0.165 e. The fourth-order valence-corrected chi connectivity index (χ4v) is 5.04. The molecule has 0 saturated heterocycles. The quantitative estimate of drug-likeness (QED) is 0.655. The predicted octanol–water partition coefficient (Wildman–Crippen LogP) is 3.35. The van der Waals surface area contributed by atoms with Gasteiger partial charge in [0.05, 0.1) is 0 Å². The Hall–Kier alpha value is -0.920. The van der Waals surface area contributed by atoms with Crippen molar-refractivity contribution < 1.29 is 9.59 Å². The Kier molecular flexibility index (Phi) is 2.03. The Bertz CT molecular complexity index is 427. The van der Waals surface area contributed by atoms with Gasteiger partial charge in [0.2, 0.25) is 0 Å². The highest BCUT2D eigenvalue weighted by Crippen LogP contribution is 2.60. The number of ketones is 2. The zero-order valence-electron chi connectivity index (χ0n) is 10.9. The number of hydrogen-bond acceptors (Lipinski definition) is 2. The first-order valence-corrected chi connectivity index (χ1v) is 7.49. The van der Waals surface area contributed by atoms with Crippen molar-refractivity contribution in [3.05, 3.63) is 11.1 Å². The van der Waals surface area contributed by atoms with E-state index in [0.29, 0.717) is 11.6 Å². The molecule has 2 heteroatoms. The van der Waals surface area contributed by atoms with Crippen LogP contribution in [0.15, 0.2) is 11.1 Å². The van der Waals surface area contributed by atoms with E-state index in [9.17, 15) is 9.59 Å². The lowest BCUT2D eigenvalue weighted by atomic mass is 9.73. The van der Waals surface area contributed by atoms with Gasteiger partial charge in [-0.2, -0.15) is 0 Å². The number of allylic oxidation sites excluding steroid dienone is 2. The van der Waals surface area contributed by atoms with E-state index in [0.717, 1.165) is 49.7 Å². The molecule has 0 bridgehead atoms. The molecule has 0 aromatic carbocycles. The van der Waals surface area contributed by atoms with Crippen LogP contribution in [0.25, 0.3) is 0 Å². The van der Waals surface area contributed by atoms with E-state index in [1.807, 2.05) is 0 Å². The monoisotopic (exact) mass is 244 g/mol. The molecule has 0 aromatic heterocycles. The SMILES string of the molecule is O=C1C2=C(CC13CCCC3)C(=O)C1(CCCC1)C2. The van der Waals surface area contributed by atoms with Crippen LogP contribution >= 0.6 is 0 Å². The number of Topliss-reactive ketones (excluding diaryl/α,β-unsaturated/α-hetero) is 2. The van der Waals surface area contributed by atoms with E-state index in [1.165, 1.54) is 25.7 Å². The largest absolute Gasteiger partial charge is 0.294 e. The predicted molar refractivity (Wildman–Crippen MR) is 68.1 cm³/mol. The molecule has 0 N–H and O–H groups in total. The Morgan fingerprint density at radius 2 is 0.944 bits per heavy atom. The van der Waals surface area contributed by atoms with Crippen LogP contribution in [-0.4, -0.2) is 11.6 Å². The first-order valence-electron chi connectivity index (χ1n) is 7.49. The van der Waals surface area contributed by atoms with Crippen LogP contribution in [0.4, 0.5) is 0 Å². The summed E-state index contributed by atoms with van der Waals surface area (Å²) in [5, 5.41) is 0. The number of rotatable bonds is 0. The molecular formula is C16H20O2. The second-order valence-electron chi connectivity index (χ2n) is 6.94. The average Bonchev–Trinajstić information content (AvgIpc) is 3.10. The summed E-state index contributed by atoms with van der Waals surface area (Å²) >= 11 is 0. The first-order chi connectivity index (χ1) is 8.67. The molecule has 0 heterocycles. The van der Waals surface area contributed by atoms with Crippen molar-refractivity contribution in [2.75, 3.05) is 0 Å². The van der Waals surface area contributed by atoms with Crippen LogP contribution in [0.5, 0.6) is 0 Å². The average molecular weight is 244 g/mol. The number of carbonyl (C=O) groups is 2. The topological polar surface area (TPSA) is 34.1 Å². The van der Waals surface area contributed by atoms with Gasteiger partial charge in [-0.3, -0.25) is 9.59 Å². The molecule has 4 aliphatic rings. The molecule has 0 amide bonds. The second-order valence-corrected chi connectivity index (χ2v) is 6.94. The molecule has 4 aliphatic carbocycles. The smallest absolute Gasteiger partial charge is 0.165 e. The van der Waals surface area contributed by atoms with Gasteiger partial charge < -0.3 is 0 Å². The van der Waals surface area contributed by atoms with Gasteiger partial charge in [-0.1, -0.05) is 25.7 Å². The van der Waals surface area contributed by atoms with Gasteiger partial charge in [-0.15, -0.1) is 0 Å². The lowest BCUT2D eigenvalue weighted by Gasteiger charge is -2.28. The minimum Gasteiger partial charge on any atom is -0.294 e. The molecule has 0 aromatic rings. The Balaban J connectivity index is 1.69. The van der Waals surface area contributed by atoms with E-state index < -0.39 is 0 Å². The molecule has 96 valence electrons. The summed E-state index contributed by atoms with van der Waals surface area (Å²) in [5.41, 5.74) is 1.67. The Morgan fingerprint density at radius 3 is 1.28 bits per heavy atom. The van der Waals surface area contributed by atoms with E-state index in [1.54, 1.807) is 0 Å². The van der Waals surface area contributed by atoms with Gasteiger partial charge in [-0.25, -0.2) is 0 Å². The summed E-state index contributed by atoms with van der Waals surface area (Å²) in [7, 11) is 0. The van der Waals surface area contributed by atoms with E-state index in [-0.39, 0.29) is 10.8 Å². The van der Waals surface area contributed by atoms with Gasteiger partial charge in [0.15, 0.2) is 11.6 Å². The molecule has 0 radical (unpaired) electrons. The molecule has 0 atom stereocenters. The van der Waals surface area contributed by atoms with Gasteiger partial charge in [0.25, 0.3) is 0 Å². The van der Waals surface area contributed by atoms with Crippen molar-refractivity contribution in [2.24, 2.45) is 10.8 Å². The van der Waals surface area contributed by atoms with Crippen LogP contribution in [0.3, 0.4) is 0 Å². The standard InChI is InChI=1S/C16H20O2/c17-13-12-10-16(7-3-4-8-16)14(18)11(12)9-15(13)5-1-2-6-15/h1-10H2. The molecule has 2 nitrogen and oxygen atoms in total. The van der Waals surface area contributed by atoms with Crippen LogP contribution < -0.4 is 0 Å². The summed E-state index contributed by atoms with van der Waals surface area (Å²) in [6.45, 7) is 0. The first kappa shape index (κ1) is 11.0.